The number of carbonyl (C=O) groups excluding carboxylic acids is 1. The lowest BCUT2D eigenvalue weighted by Crippen LogP contribution is -2.00. The second-order valence-corrected chi connectivity index (χ2v) is 1.47. The quantitative estimate of drug-likeness (QED) is 0.361. The van der Waals surface area contributed by atoms with Crippen molar-refractivity contribution < 1.29 is 17.8 Å². The summed E-state index contributed by atoms with van der Waals surface area (Å²) in [6.07, 6.45) is -0.534. The number of carbonyl (C=O) groups is 1. The molecule has 8 heteroatoms. The summed E-state index contributed by atoms with van der Waals surface area (Å²) in [7, 11) is 0. The molecule has 0 saturated carbocycles. The van der Waals surface area contributed by atoms with Crippen LogP contribution >= 0.6 is 0 Å². The van der Waals surface area contributed by atoms with E-state index in [1.54, 1.807) is 0 Å². The normalized spacial score (nSPS) is 4.44. The fourth-order valence-corrected chi connectivity index (χ4v) is 0.750. The predicted molar refractivity (Wildman–Crippen MR) is 45.4 cm³/mol. The molecule has 0 aromatic carbocycles. The minimum Gasteiger partial charge on any atom is -0.593 e. The van der Waals surface area contributed by atoms with Crippen LogP contribution in [0.25, 0.3) is 0 Å². The van der Waals surface area contributed by atoms with Crippen LogP contribution in [0.1, 0.15) is 0 Å². The minimum absolute atomic E-state index is 0. The molecule has 0 unspecified atom stereocenters. The van der Waals surface area contributed by atoms with Crippen LogP contribution in [0.15, 0.2) is 0 Å². The fourth-order valence-electron chi connectivity index (χ4n) is 0.0833. The van der Waals surface area contributed by atoms with Gasteiger partial charge in [0.1, 0.15) is 0 Å². The van der Waals surface area contributed by atoms with Gasteiger partial charge in [-0.2, -0.15) is 0 Å². The Labute approximate surface area is 102 Å². The largest absolute Gasteiger partial charge is 0.593 e. The Kier molecular flexibility index (Phi) is 40.9. The molecule has 0 aromatic rings. The summed E-state index contributed by atoms with van der Waals surface area (Å²) in [6, 6.07) is 0. The Morgan fingerprint density at radius 1 is 1.11 bits per heavy atom. The third-order valence-electron chi connectivity index (χ3n) is 0.333. The third-order valence-corrected chi connectivity index (χ3v) is 1.00. The molecule has 9 heavy (non-hydrogen) atoms. The summed E-state index contributed by atoms with van der Waals surface area (Å²) in [5.74, 6) is 0. The van der Waals surface area contributed by atoms with Gasteiger partial charge in [0.15, 0.2) is 0 Å². The summed E-state index contributed by atoms with van der Waals surface area (Å²) in [4.78, 5) is 9.81. The summed E-state index contributed by atoms with van der Waals surface area (Å²) >= 11 is 0.860. The highest BCUT2D eigenvalue weighted by Gasteiger charge is 1.85. The number of hydrogen-bond donors (Lipinski definition) is 0. The highest BCUT2D eigenvalue weighted by atomic mass is 27.1. The molecule has 0 radical (unpaired) electrons. The predicted octanol–water partition coefficient (Wildman–Crippen LogP) is -4.42. The van der Waals surface area contributed by atoms with Crippen molar-refractivity contribution in [3.8, 4) is 0 Å². The van der Waals surface area contributed by atoms with Crippen LogP contribution in [0.2, 0.25) is 0 Å². The van der Waals surface area contributed by atoms with E-state index in [-0.39, 0.29) is 51.6 Å². The van der Waals surface area contributed by atoms with Crippen molar-refractivity contribution in [3.63, 3.8) is 0 Å². The smallest absolute Gasteiger partial charge is 0.503 e. The zero-order valence-electron chi connectivity index (χ0n) is 4.22. The average Bonchev–Trinajstić information content (AvgIpc) is 1.65. The molecule has 0 aliphatic rings. The first-order valence-electron chi connectivity index (χ1n) is 1.43. The molecule has 0 aliphatic heterocycles. The van der Waals surface area contributed by atoms with Crippen molar-refractivity contribution in [2.45, 2.75) is 0 Å². The van der Waals surface area contributed by atoms with Gasteiger partial charge in [0.25, 0.3) is 0 Å². The third kappa shape index (κ3) is 17.7. The van der Waals surface area contributed by atoms with Crippen LogP contribution in [0.4, 0.5) is 4.79 Å². The fraction of sp³-hybridized carbons (Fsp3) is 0. The molecule has 0 fully saturated rings. The van der Waals surface area contributed by atoms with Crippen LogP contribution in [0, 0.1) is 0 Å². The van der Waals surface area contributed by atoms with E-state index in [9.17, 15) is 4.79 Å². The van der Waals surface area contributed by atoms with E-state index in [1.165, 1.54) is 0 Å². The Morgan fingerprint density at radius 3 is 1.33 bits per heavy atom. The zero-order chi connectivity index (χ0) is 4.99. The monoisotopic (exact) mass is 188 g/mol. The standard InChI is InChI=1S/CH2O3.2Al.2Mg.H2O.8H/c2-1(3)4;;;;;;;;;;;;;/h(H2,2,3,4);;;;;1H2;;;;;;;;/q;2*+1;;;;;;;;;;;/p-2. The van der Waals surface area contributed by atoms with E-state index < -0.39 is 6.16 Å². The molecule has 0 atom stereocenters. The number of rotatable bonds is 0. The van der Waals surface area contributed by atoms with Crippen molar-refractivity contribution in [1.29, 1.82) is 0 Å². The lowest BCUT2D eigenvalue weighted by atomic mass is 11.5. The second-order valence-electron chi connectivity index (χ2n) is 0.658. The maximum atomic E-state index is 9.81. The van der Waals surface area contributed by atoms with Gasteiger partial charge in [-0.05, 0) is 0 Å². The lowest BCUT2D eigenvalue weighted by Gasteiger charge is -1.95. The summed E-state index contributed by atoms with van der Waals surface area (Å²) < 4.78 is 8.42. The molecule has 0 saturated heterocycles. The van der Waals surface area contributed by atoms with Crippen molar-refractivity contribution in [2.75, 3.05) is 0 Å². The molecule has 2 N–H and O–H groups in total. The average molecular weight is 189 g/mol. The van der Waals surface area contributed by atoms with Crippen LogP contribution in [-0.2, 0) is 7.58 Å². The molecule has 0 rings (SSSR count). The van der Waals surface area contributed by atoms with Gasteiger partial charge in [-0.3, -0.25) is 0 Å². The van der Waals surface area contributed by atoms with Gasteiger partial charge in [-0.25, -0.2) is 4.79 Å². The van der Waals surface area contributed by atoms with Crippen molar-refractivity contribution in [1.82, 2.24) is 0 Å². The van der Waals surface area contributed by atoms with Gasteiger partial charge in [0.2, 0.25) is 0 Å². The molecule has 0 bridgehead atoms. The molecule has 0 spiro atoms. The Balaban J connectivity index is -0.0000000417. The number of hydrogen-bond acceptors (Lipinski definition) is 3. The lowest BCUT2D eigenvalue weighted by molar-refractivity contribution is 0.160. The summed E-state index contributed by atoms with van der Waals surface area (Å²) in [5.41, 5.74) is 0. The molecular weight excluding hydrogens is 179 g/mol. The first kappa shape index (κ1) is 22.4. The van der Waals surface area contributed by atoms with E-state index in [1.807, 2.05) is 0 Å². The minimum atomic E-state index is -0.534. The summed E-state index contributed by atoms with van der Waals surface area (Å²) in [6.45, 7) is 0. The van der Waals surface area contributed by atoms with Crippen molar-refractivity contribution >= 4 is 85.5 Å². The zero-order valence-corrected chi connectivity index (χ0v) is 8.22. The van der Waals surface area contributed by atoms with Crippen LogP contribution in [0.3, 0.4) is 0 Å². The van der Waals surface area contributed by atoms with E-state index in [0.717, 1.165) is 0 Å². The summed E-state index contributed by atoms with van der Waals surface area (Å²) in [5, 5.41) is 0. The van der Waals surface area contributed by atoms with Gasteiger partial charge in [-0.1, -0.05) is 0 Å². The molecule has 4 nitrogen and oxygen atoms in total. The van der Waals surface area contributed by atoms with Gasteiger partial charge in [0, 0.05) is 0 Å². The Hall–Kier alpha value is 1.83. The van der Waals surface area contributed by atoms with Crippen molar-refractivity contribution in [3.05, 3.63) is 0 Å². The first-order chi connectivity index (χ1) is 2.81. The maximum absolute atomic E-state index is 9.81. The van der Waals surface area contributed by atoms with Gasteiger partial charge in [0.05, 0.1) is 0 Å². The SMILES string of the molecule is O.O=C([O][AlH2])[O][AlH2].[MgH2].[MgH2]. The molecular formula is CH10Al2Mg2O4. The van der Waals surface area contributed by atoms with Crippen LogP contribution in [-0.4, -0.2) is 91.0 Å². The van der Waals surface area contributed by atoms with Gasteiger partial charge in [-0.15, -0.1) is 0 Å². The van der Waals surface area contributed by atoms with Crippen LogP contribution in [0.5, 0.6) is 0 Å². The molecule has 48 valence electrons. The van der Waals surface area contributed by atoms with E-state index in [4.69, 9.17) is 0 Å². The molecule has 0 amide bonds. The highest BCUT2D eigenvalue weighted by molar-refractivity contribution is 6.09. The molecule has 0 aliphatic carbocycles. The molecule has 0 heterocycles. The Morgan fingerprint density at radius 2 is 1.33 bits per heavy atom. The van der Waals surface area contributed by atoms with E-state index in [2.05, 4.69) is 7.58 Å². The van der Waals surface area contributed by atoms with Crippen molar-refractivity contribution in [2.24, 2.45) is 0 Å². The topological polar surface area (TPSA) is 67.0 Å². The van der Waals surface area contributed by atoms with E-state index >= 15 is 0 Å². The van der Waals surface area contributed by atoms with Crippen LogP contribution < -0.4 is 0 Å². The van der Waals surface area contributed by atoms with Gasteiger partial charge >= 0.3 is 85.5 Å². The van der Waals surface area contributed by atoms with Gasteiger partial charge < -0.3 is 13.1 Å². The molecule has 0 aromatic heterocycles. The second kappa shape index (κ2) is 16.4. The van der Waals surface area contributed by atoms with E-state index in [0.29, 0.717) is 33.2 Å². The highest BCUT2D eigenvalue weighted by Crippen LogP contribution is 1.70. The Bertz CT molecular complexity index is 54.5. The first-order valence-corrected chi connectivity index (χ1v) is 3.06. The maximum Gasteiger partial charge on any atom is 0.503 e.